The number of methoxy groups -OCH3 is 2. The van der Waals surface area contributed by atoms with Gasteiger partial charge in [0.15, 0.2) is 0 Å². The molecule has 3 nitrogen and oxygen atoms in total. The molecular weight excluding hydrogens is 262 g/mol. The fourth-order valence-electron chi connectivity index (χ4n) is 2.60. The minimum atomic E-state index is 0.888. The zero-order valence-electron chi connectivity index (χ0n) is 13.6. The molecule has 0 unspecified atom stereocenters. The maximum atomic E-state index is 5.31. The highest BCUT2D eigenvalue weighted by Crippen LogP contribution is 2.33. The van der Waals surface area contributed by atoms with Gasteiger partial charge >= 0.3 is 0 Å². The largest absolute Gasteiger partial charge is 0.497 e. The average molecular weight is 285 g/mol. The molecule has 0 saturated carbocycles. The van der Waals surface area contributed by atoms with Crippen LogP contribution in [0.3, 0.4) is 0 Å². The topological polar surface area (TPSA) is 30.5 Å². The lowest BCUT2D eigenvalue weighted by Crippen LogP contribution is -2.01. The van der Waals surface area contributed by atoms with Gasteiger partial charge in [-0.3, -0.25) is 0 Å². The van der Waals surface area contributed by atoms with E-state index >= 15 is 0 Å². The predicted octanol–water partition coefficient (Wildman–Crippen LogP) is 4.68. The summed E-state index contributed by atoms with van der Waals surface area (Å²) in [6, 6.07) is 8.18. The van der Waals surface area contributed by atoms with E-state index in [1.165, 1.54) is 22.3 Å². The Hall–Kier alpha value is -2.16. The van der Waals surface area contributed by atoms with Crippen LogP contribution in [0.25, 0.3) is 0 Å². The molecule has 2 aromatic rings. The van der Waals surface area contributed by atoms with Crippen LogP contribution in [0.15, 0.2) is 24.3 Å². The summed E-state index contributed by atoms with van der Waals surface area (Å²) in [6.45, 7) is 8.36. The van der Waals surface area contributed by atoms with E-state index in [1.54, 1.807) is 14.2 Å². The molecule has 0 amide bonds. The van der Waals surface area contributed by atoms with Crippen LogP contribution in [0, 0.1) is 27.7 Å². The molecule has 112 valence electrons. The molecule has 0 fully saturated rings. The van der Waals surface area contributed by atoms with E-state index in [4.69, 9.17) is 9.47 Å². The monoisotopic (exact) mass is 285 g/mol. The highest BCUT2D eigenvalue weighted by atomic mass is 16.5. The van der Waals surface area contributed by atoms with E-state index in [1.807, 2.05) is 24.3 Å². The molecule has 0 aromatic heterocycles. The molecule has 0 heterocycles. The van der Waals surface area contributed by atoms with Gasteiger partial charge in [0.2, 0.25) is 0 Å². The Morgan fingerprint density at radius 3 is 1.14 bits per heavy atom. The number of nitrogens with one attached hydrogen (secondary N) is 1. The van der Waals surface area contributed by atoms with Crippen molar-refractivity contribution in [3.8, 4) is 11.5 Å². The second kappa shape index (κ2) is 6.08. The van der Waals surface area contributed by atoms with Crippen molar-refractivity contribution >= 4 is 11.4 Å². The molecule has 0 atom stereocenters. The van der Waals surface area contributed by atoms with Crippen LogP contribution in [0.2, 0.25) is 0 Å². The van der Waals surface area contributed by atoms with Crippen molar-refractivity contribution in [2.75, 3.05) is 19.5 Å². The number of ether oxygens (including phenoxy) is 2. The molecule has 0 bridgehead atoms. The molecule has 0 aliphatic heterocycles. The minimum Gasteiger partial charge on any atom is -0.497 e. The Bertz CT molecular complexity index is 559. The lowest BCUT2D eigenvalue weighted by atomic mass is 10.0. The molecule has 1 N–H and O–H groups in total. The van der Waals surface area contributed by atoms with Crippen molar-refractivity contribution in [2.45, 2.75) is 27.7 Å². The van der Waals surface area contributed by atoms with E-state index in [0.29, 0.717) is 0 Å². The van der Waals surface area contributed by atoms with Crippen molar-refractivity contribution in [1.82, 2.24) is 0 Å². The first-order valence-corrected chi connectivity index (χ1v) is 7.03. The van der Waals surface area contributed by atoms with Gasteiger partial charge in [0, 0.05) is 11.4 Å². The van der Waals surface area contributed by atoms with Gasteiger partial charge in [-0.25, -0.2) is 0 Å². The number of hydrogen-bond acceptors (Lipinski definition) is 3. The Labute approximate surface area is 126 Å². The fraction of sp³-hybridized carbons (Fsp3) is 0.333. The van der Waals surface area contributed by atoms with Crippen molar-refractivity contribution in [1.29, 1.82) is 0 Å². The number of rotatable bonds is 4. The molecule has 0 radical (unpaired) electrons. The van der Waals surface area contributed by atoms with Crippen LogP contribution >= 0.6 is 0 Å². The van der Waals surface area contributed by atoms with Crippen LogP contribution in [0.1, 0.15) is 22.3 Å². The summed E-state index contributed by atoms with van der Waals surface area (Å²) >= 11 is 0. The van der Waals surface area contributed by atoms with Crippen LogP contribution in [0.4, 0.5) is 11.4 Å². The third-order valence-electron chi connectivity index (χ3n) is 3.73. The molecule has 0 aliphatic carbocycles. The van der Waals surface area contributed by atoms with Gasteiger partial charge in [0.1, 0.15) is 11.5 Å². The number of benzene rings is 2. The summed E-state index contributed by atoms with van der Waals surface area (Å²) in [5.74, 6) is 1.78. The number of aryl methyl sites for hydroxylation is 4. The maximum absolute atomic E-state index is 5.31. The summed E-state index contributed by atoms with van der Waals surface area (Å²) in [5, 5.41) is 3.57. The highest BCUT2D eigenvalue weighted by Gasteiger charge is 2.10. The Balaban J connectivity index is 2.43. The van der Waals surface area contributed by atoms with Gasteiger partial charge in [-0.1, -0.05) is 0 Å². The van der Waals surface area contributed by atoms with E-state index in [-0.39, 0.29) is 0 Å². The van der Waals surface area contributed by atoms with E-state index < -0.39 is 0 Å². The van der Waals surface area contributed by atoms with Crippen molar-refractivity contribution in [3.63, 3.8) is 0 Å². The second-order valence-corrected chi connectivity index (χ2v) is 5.40. The van der Waals surface area contributed by atoms with Gasteiger partial charge in [-0.2, -0.15) is 0 Å². The predicted molar refractivity (Wildman–Crippen MR) is 88.2 cm³/mol. The first kappa shape index (κ1) is 15.2. The van der Waals surface area contributed by atoms with Crippen LogP contribution < -0.4 is 14.8 Å². The molecule has 21 heavy (non-hydrogen) atoms. The normalized spacial score (nSPS) is 10.4. The lowest BCUT2D eigenvalue weighted by Gasteiger charge is -2.18. The average Bonchev–Trinajstić information content (AvgIpc) is 2.44. The molecule has 0 aliphatic rings. The van der Waals surface area contributed by atoms with Crippen LogP contribution in [-0.2, 0) is 0 Å². The summed E-state index contributed by atoms with van der Waals surface area (Å²) in [7, 11) is 3.39. The van der Waals surface area contributed by atoms with Crippen molar-refractivity contribution < 1.29 is 9.47 Å². The third-order valence-corrected chi connectivity index (χ3v) is 3.73. The Morgan fingerprint density at radius 1 is 0.619 bits per heavy atom. The zero-order chi connectivity index (χ0) is 15.6. The van der Waals surface area contributed by atoms with E-state index in [0.717, 1.165) is 22.9 Å². The Kier molecular flexibility index (Phi) is 4.41. The third kappa shape index (κ3) is 3.13. The van der Waals surface area contributed by atoms with Crippen LogP contribution in [-0.4, -0.2) is 14.2 Å². The van der Waals surface area contributed by atoms with Gasteiger partial charge in [-0.15, -0.1) is 0 Å². The van der Waals surface area contributed by atoms with Crippen molar-refractivity contribution in [3.05, 3.63) is 46.5 Å². The number of anilines is 2. The summed E-state index contributed by atoms with van der Waals surface area (Å²) in [5.41, 5.74) is 6.94. The maximum Gasteiger partial charge on any atom is 0.119 e. The molecular formula is C18H23NO2. The van der Waals surface area contributed by atoms with Crippen LogP contribution in [0.5, 0.6) is 11.5 Å². The minimum absolute atomic E-state index is 0.888. The standard InChI is InChI=1S/C18H23NO2/c1-11-7-15(20-5)8-12(2)17(11)19-18-13(3)9-16(21-6)10-14(18)4/h7-10,19H,1-6H3. The van der Waals surface area contributed by atoms with Crippen molar-refractivity contribution in [2.24, 2.45) is 0 Å². The smallest absolute Gasteiger partial charge is 0.119 e. The SMILES string of the molecule is COc1cc(C)c(Nc2c(C)cc(OC)cc2C)c(C)c1. The quantitative estimate of drug-likeness (QED) is 0.884. The second-order valence-electron chi connectivity index (χ2n) is 5.40. The summed E-state index contributed by atoms with van der Waals surface area (Å²) in [4.78, 5) is 0. The molecule has 2 aromatic carbocycles. The van der Waals surface area contributed by atoms with E-state index in [2.05, 4.69) is 33.0 Å². The fourth-order valence-corrected chi connectivity index (χ4v) is 2.60. The first-order chi connectivity index (χ1) is 9.96. The number of hydrogen-bond donors (Lipinski definition) is 1. The zero-order valence-corrected chi connectivity index (χ0v) is 13.6. The van der Waals surface area contributed by atoms with Gasteiger partial charge in [0.05, 0.1) is 14.2 Å². The molecule has 2 rings (SSSR count). The first-order valence-electron chi connectivity index (χ1n) is 7.03. The van der Waals surface area contributed by atoms with Gasteiger partial charge < -0.3 is 14.8 Å². The lowest BCUT2D eigenvalue weighted by molar-refractivity contribution is 0.414. The van der Waals surface area contributed by atoms with E-state index in [9.17, 15) is 0 Å². The molecule has 3 heteroatoms. The molecule has 0 saturated heterocycles. The van der Waals surface area contributed by atoms with Gasteiger partial charge in [0.25, 0.3) is 0 Å². The molecule has 0 spiro atoms. The summed E-state index contributed by atoms with van der Waals surface area (Å²) in [6.07, 6.45) is 0. The Morgan fingerprint density at radius 2 is 0.905 bits per heavy atom. The van der Waals surface area contributed by atoms with Gasteiger partial charge in [-0.05, 0) is 74.2 Å². The highest BCUT2D eigenvalue weighted by molar-refractivity contribution is 5.72. The summed E-state index contributed by atoms with van der Waals surface area (Å²) < 4.78 is 10.6.